The molecule has 0 bridgehead atoms. The van der Waals surface area contributed by atoms with E-state index < -0.39 is 0 Å². The molecule has 3 rings (SSSR count). The van der Waals surface area contributed by atoms with Crippen molar-refractivity contribution in [3.63, 3.8) is 0 Å². The third-order valence-corrected chi connectivity index (χ3v) is 6.15. The van der Waals surface area contributed by atoms with Gasteiger partial charge in [-0.15, -0.1) is 0 Å². The second-order valence-electron chi connectivity index (χ2n) is 7.91. The van der Waals surface area contributed by atoms with Crippen molar-refractivity contribution in [3.8, 4) is 5.75 Å². The average molecular weight is 358 g/mol. The highest BCUT2D eigenvalue weighted by atomic mass is 16.5. The van der Waals surface area contributed by atoms with Crippen molar-refractivity contribution in [2.75, 3.05) is 13.7 Å². The maximum Gasteiger partial charge on any atom is 0.225 e. The van der Waals surface area contributed by atoms with E-state index in [-0.39, 0.29) is 23.8 Å². The number of nitrogens with one attached hydrogen (secondary N) is 1. The van der Waals surface area contributed by atoms with Crippen LogP contribution in [0.25, 0.3) is 0 Å². The number of ether oxygens (including phenoxy) is 1. The molecule has 142 valence electrons. The van der Waals surface area contributed by atoms with Gasteiger partial charge in [0.05, 0.1) is 13.0 Å². The van der Waals surface area contributed by atoms with Gasteiger partial charge in [0.15, 0.2) is 0 Å². The summed E-state index contributed by atoms with van der Waals surface area (Å²) in [6.45, 7) is 5.54. The van der Waals surface area contributed by atoms with Crippen LogP contribution in [0, 0.1) is 17.8 Å². The first-order valence-corrected chi connectivity index (χ1v) is 9.69. The summed E-state index contributed by atoms with van der Waals surface area (Å²) in [7, 11) is 1.64. The number of hydrogen-bond donors (Lipinski definition) is 1. The Morgan fingerprint density at radius 2 is 1.96 bits per heavy atom. The van der Waals surface area contributed by atoms with Gasteiger partial charge in [-0.05, 0) is 36.0 Å². The van der Waals surface area contributed by atoms with Crippen molar-refractivity contribution in [2.45, 2.75) is 52.1 Å². The Morgan fingerprint density at radius 3 is 2.65 bits per heavy atom. The van der Waals surface area contributed by atoms with Gasteiger partial charge in [-0.25, -0.2) is 0 Å². The average Bonchev–Trinajstić information content (AvgIpc) is 3.00. The predicted molar refractivity (Wildman–Crippen MR) is 101 cm³/mol. The number of carbonyl (C=O) groups excluding carboxylic acids is 2. The Hall–Kier alpha value is -2.04. The fraction of sp³-hybridized carbons (Fsp3) is 0.619. The van der Waals surface area contributed by atoms with Gasteiger partial charge in [-0.3, -0.25) is 9.59 Å². The Bertz CT molecular complexity index is 643. The van der Waals surface area contributed by atoms with Crippen molar-refractivity contribution >= 4 is 11.8 Å². The summed E-state index contributed by atoms with van der Waals surface area (Å²) in [6.07, 6.45) is 3.78. The van der Waals surface area contributed by atoms with E-state index in [1.54, 1.807) is 12.0 Å². The maximum absolute atomic E-state index is 12.7. The second kappa shape index (κ2) is 8.11. The number of likely N-dealkylation sites (tertiary alicyclic amines) is 1. The fourth-order valence-corrected chi connectivity index (χ4v) is 4.14. The van der Waals surface area contributed by atoms with Crippen LogP contribution < -0.4 is 10.1 Å². The highest BCUT2D eigenvalue weighted by Gasteiger charge is 2.36. The Kier molecular flexibility index (Phi) is 5.84. The molecule has 0 aromatic heterocycles. The number of methoxy groups -OCH3 is 1. The van der Waals surface area contributed by atoms with Crippen molar-refractivity contribution in [1.29, 1.82) is 0 Å². The van der Waals surface area contributed by atoms with Crippen LogP contribution in [0.15, 0.2) is 24.3 Å². The Morgan fingerprint density at radius 1 is 1.23 bits per heavy atom. The van der Waals surface area contributed by atoms with Gasteiger partial charge < -0.3 is 15.0 Å². The molecule has 5 heteroatoms. The number of nitrogens with zero attached hydrogens (tertiary/aromatic N) is 1. The van der Waals surface area contributed by atoms with Gasteiger partial charge in [0, 0.05) is 25.6 Å². The zero-order chi connectivity index (χ0) is 18.7. The number of hydrogen-bond acceptors (Lipinski definition) is 3. The lowest BCUT2D eigenvalue weighted by atomic mass is 9.78. The summed E-state index contributed by atoms with van der Waals surface area (Å²) < 4.78 is 5.16. The van der Waals surface area contributed by atoms with Crippen molar-refractivity contribution < 1.29 is 14.3 Å². The van der Waals surface area contributed by atoms with Crippen LogP contribution in [-0.2, 0) is 16.1 Å². The normalized spacial score (nSPS) is 28.9. The van der Waals surface area contributed by atoms with Crippen molar-refractivity contribution in [2.24, 2.45) is 17.8 Å². The molecule has 0 radical (unpaired) electrons. The van der Waals surface area contributed by atoms with E-state index in [0.717, 1.165) is 17.7 Å². The monoisotopic (exact) mass is 358 g/mol. The molecule has 1 aliphatic carbocycles. The summed E-state index contributed by atoms with van der Waals surface area (Å²) in [5.41, 5.74) is 1.05. The molecule has 2 fully saturated rings. The SMILES string of the molecule is COc1ccc(CN2CC(C(=O)NC3CCCC(C)C3C)CC2=O)cc1. The van der Waals surface area contributed by atoms with E-state index in [1.165, 1.54) is 12.8 Å². The van der Waals surface area contributed by atoms with Gasteiger partial charge in [0.2, 0.25) is 11.8 Å². The first-order chi connectivity index (χ1) is 12.5. The molecular weight excluding hydrogens is 328 g/mol. The molecule has 1 N–H and O–H groups in total. The minimum atomic E-state index is -0.231. The molecule has 5 nitrogen and oxygen atoms in total. The number of carbonyl (C=O) groups is 2. The van der Waals surface area contributed by atoms with Crippen molar-refractivity contribution in [3.05, 3.63) is 29.8 Å². The molecule has 1 saturated carbocycles. The molecule has 0 spiro atoms. The third-order valence-electron chi connectivity index (χ3n) is 6.15. The lowest BCUT2D eigenvalue weighted by molar-refractivity contribution is -0.129. The molecule has 2 amide bonds. The summed E-state index contributed by atoms with van der Waals surface area (Å²) in [4.78, 5) is 26.8. The van der Waals surface area contributed by atoms with E-state index in [4.69, 9.17) is 4.74 Å². The molecule has 2 aliphatic rings. The highest BCUT2D eigenvalue weighted by molar-refractivity contribution is 5.89. The Balaban J connectivity index is 1.55. The third kappa shape index (κ3) is 4.19. The highest BCUT2D eigenvalue weighted by Crippen LogP contribution is 2.30. The van der Waals surface area contributed by atoms with Crippen LogP contribution in [0.1, 0.15) is 45.1 Å². The lowest BCUT2D eigenvalue weighted by Gasteiger charge is -2.35. The number of amides is 2. The molecular formula is C21H30N2O3. The summed E-state index contributed by atoms with van der Waals surface area (Å²) in [5, 5.41) is 3.23. The second-order valence-corrected chi connectivity index (χ2v) is 7.91. The molecule has 26 heavy (non-hydrogen) atoms. The standard InChI is InChI=1S/C21H30N2O3/c1-14-5-4-6-19(15(14)2)22-21(25)17-11-20(24)23(13-17)12-16-7-9-18(26-3)10-8-16/h7-10,14-15,17,19H,4-6,11-13H2,1-3H3,(H,22,25). The number of rotatable bonds is 5. The van der Waals surface area contributed by atoms with Crippen molar-refractivity contribution in [1.82, 2.24) is 10.2 Å². The lowest BCUT2D eigenvalue weighted by Crippen LogP contribution is -2.46. The zero-order valence-corrected chi connectivity index (χ0v) is 16.0. The van der Waals surface area contributed by atoms with Crippen LogP contribution in [-0.4, -0.2) is 36.4 Å². The molecule has 4 unspecified atom stereocenters. The van der Waals surface area contributed by atoms with Gasteiger partial charge in [0.1, 0.15) is 5.75 Å². The van der Waals surface area contributed by atoms with E-state index >= 15 is 0 Å². The van der Waals surface area contributed by atoms with E-state index in [2.05, 4.69) is 19.2 Å². The van der Waals surface area contributed by atoms with Gasteiger partial charge >= 0.3 is 0 Å². The maximum atomic E-state index is 12.7. The first kappa shape index (κ1) is 18.7. The van der Waals surface area contributed by atoms with E-state index in [9.17, 15) is 9.59 Å². The molecule has 4 atom stereocenters. The molecule has 1 aromatic carbocycles. The largest absolute Gasteiger partial charge is 0.497 e. The minimum Gasteiger partial charge on any atom is -0.497 e. The fourth-order valence-electron chi connectivity index (χ4n) is 4.14. The summed E-state index contributed by atoms with van der Waals surface area (Å²) in [6, 6.07) is 7.96. The van der Waals surface area contributed by atoms with Crippen LogP contribution in [0.2, 0.25) is 0 Å². The summed E-state index contributed by atoms with van der Waals surface area (Å²) in [5.74, 6) is 1.82. The van der Waals surface area contributed by atoms with Gasteiger partial charge in [-0.2, -0.15) is 0 Å². The minimum absolute atomic E-state index is 0.0431. The molecule has 1 saturated heterocycles. The van der Waals surface area contributed by atoms with Gasteiger partial charge in [0.25, 0.3) is 0 Å². The first-order valence-electron chi connectivity index (χ1n) is 9.69. The van der Waals surface area contributed by atoms with E-state index in [1.807, 2.05) is 24.3 Å². The van der Waals surface area contributed by atoms with Crippen LogP contribution in [0.5, 0.6) is 5.75 Å². The molecule has 1 aromatic rings. The Labute approximate surface area is 156 Å². The predicted octanol–water partition coefficient (Wildman–Crippen LogP) is 2.98. The smallest absolute Gasteiger partial charge is 0.225 e. The van der Waals surface area contributed by atoms with Gasteiger partial charge in [-0.1, -0.05) is 38.8 Å². The zero-order valence-electron chi connectivity index (χ0n) is 16.0. The molecule has 1 aliphatic heterocycles. The quantitative estimate of drug-likeness (QED) is 0.880. The molecule has 1 heterocycles. The van der Waals surface area contributed by atoms with Crippen LogP contribution in [0.3, 0.4) is 0 Å². The van der Waals surface area contributed by atoms with E-state index in [0.29, 0.717) is 31.3 Å². The van der Waals surface area contributed by atoms with Crippen LogP contribution in [0.4, 0.5) is 0 Å². The van der Waals surface area contributed by atoms with Crippen LogP contribution >= 0.6 is 0 Å². The number of benzene rings is 1. The topological polar surface area (TPSA) is 58.6 Å². The summed E-state index contributed by atoms with van der Waals surface area (Å²) >= 11 is 0.